The maximum atomic E-state index is 12.4. The monoisotopic (exact) mass is 316 g/mol. The molecule has 0 aliphatic heterocycles. The van der Waals surface area contributed by atoms with Crippen molar-refractivity contribution < 1.29 is 13.6 Å². The second-order valence-corrected chi connectivity index (χ2v) is 4.31. The molecule has 0 aliphatic rings. The Hall–Kier alpha value is -1.48. The van der Waals surface area contributed by atoms with Crippen LogP contribution < -0.4 is 0 Å². The molecule has 0 saturated carbocycles. The van der Waals surface area contributed by atoms with E-state index < -0.39 is 18.9 Å². The summed E-state index contributed by atoms with van der Waals surface area (Å²) in [7, 11) is 0. The molecule has 0 atom stereocenters. The van der Waals surface area contributed by atoms with Gasteiger partial charge in [0.25, 0.3) is 12.3 Å². The van der Waals surface area contributed by atoms with Crippen molar-refractivity contribution in [2.45, 2.75) is 6.43 Å². The van der Waals surface area contributed by atoms with Gasteiger partial charge >= 0.3 is 0 Å². The van der Waals surface area contributed by atoms with Crippen LogP contribution in [-0.2, 0) is 0 Å². The Kier molecular flexibility index (Phi) is 5.72. The second kappa shape index (κ2) is 7.07. The summed E-state index contributed by atoms with van der Waals surface area (Å²) in [6.07, 6.45) is -2.56. The third kappa shape index (κ3) is 4.08. The van der Waals surface area contributed by atoms with Crippen molar-refractivity contribution in [1.29, 1.82) is 5.26 Å². The molecule has 1 aromatic carbocycles. The first kappa shape index (κ1) is 14.6. The lowest BCUT2D eigenvalue weighted by Gasteiger charge is -2.21. The van der Waals surface area contributed by atoms with Crippen molar-refractivity contribution in [1.82, 2.24) is 4.90 Å². The minimum atomic E-state index is -2.56. The van der Waals surface area contributed by atoms with E-state index in [4.69, 9.17) is 5.26 Å². The number of carbonyl (C=O) groups is 1. The summed E-state index contributed by atoms with van der Waals surface area (Å²) in [4.78, 5) is 13.0. The van der Waals surface area contributed by atoms with Crippen LogP contribution in [0.3, 0.4) is 0 Å². The van der Waals surface area contributed by atoms with Crippen molar-refractivity contribution in [3.63, 3.8) is 0 Å². The van der Waals surface area contributed by atoms with Crippen LogP contribution in [0.15, 0.2) is 24.3 Å². The zero-order valence-electron chi connectivity index (χ0n) is 9.44. The fourth-order valence-electron chi connectivity index (χ4n) is 1.41. The molecule has 0 radical (unpaired) electrons. The quantitative estimate of drug-likeness (QED) is 0.784. The van der Waals surface area contributed by atoms with Gasteiger partial charge in [0, 0.05) is 17.4 Å². The summed E-state index contributed by atoms with van der Waals surface area (Å²) in [5, 5.41) is 9.06. The van der Waals surface area contributed by atoms with Crippen LogP contribution in [0.25, 0.3) is 0 Å². The lowest BCUT2D eigenvalue weighted by Crippen LogP contribution is -2.36. The molecular weight excluding hydrogens is 306 g/mol. The van der Waals surface area contributed by atoms with Gasteiger partial charge in [-0.1, -0.05) is 15.9 Å². The van der Waals surface area contributed by atoms with Gasteiger partial charge in [0.2, 0.25) is 0 Å². The molecule has 18 heavy (non-hydrogen) atoms. The van der Waals surface area contributed by atoms with Crippen LogP contribution in [0.2, 0.25) is 0 Å². The van der Waals surface area contributed by atoms with E-state index in [2.05, 4.69) is 15.9 Å². The standard InChI is InChI=1S/C12H11BrF2N2O/c13-5-6-17(8-11(14)15)12(18)10-3-1-9(7-16)2-4-10/h1-4,11H,5-6,8H2. The van der Waals surface area contributed by atoms with Crippen molar-refractivity contribution in [2.75, 3.05) is 18.4 Å². The predicted octanol–water partition coefficient (Wildman–Crippen LogP) is 2.66. The molecule has 0 fully saturated rings. The van der Waals surface area contributed by atoms with E-state index in [1.165, 1.54) is 24.3 Å². The van der Waals surface area contributed by atoms with Gasteiger partial charge in [-0.05, 0) is 24.3 Å². The molecule has 1 amide bonds. The van der Waals surface area contributed by atoms with Crippen LogP contribution in [0.4, 0.5) is 8.78 Å². The van der Waals surface area contributed by atoms with Gasteiger partial charge in [0.1, 0.15) is 0 Å². The fraction of sp³-hybridized carbons (Fsp3) is 0.333. The Morgan fingerprint density at radius 3 is 2.44 bits per heavy atom. The highest BCUT2D eigenvalue weighted by molar-refractivity contribution is 9.09. The maximum absolute atomic E-state index is 12.4. The van der Waals surface area contributed by atoms with Gasteiger partial charge in [0.15, 0.2) is 0 Å². The summed E-state index contributed by atoms with van der Waals surface area (Å²) in [5.41, 5.74) is 0.725. The minimum absolute atomic E-state index is 0.211. The number of hydrogen-bond acceptors (Lipinski definition) is 2. The average Bonchev–Trinajstić information content (AvgIpc) is 2.37. The molecule has 6 heteroatoms. The molecule has 1 aromatic rings. The molecular formula is C12H11BrF2N2O. The Bertz CT molecular complexity index is 442. The van der Waals surface area contributed by atoms with E-state index in [-0.39, 0.29) is 6.54 Å². The largest absolute Gasteiger partial charge is 0.332 e. The summed E-state index contributed by atoms with van der Waals surface area (Å²) < 4.78 is 24.7. The first-order valence-electron chi connectivity index (χ1n) is 5.22. The second-order valence-electron chi connectivity index (χ2n) is 3.52. The molecule has 0 saturated heterocycles. The first-order chi connectivity index (χ1) is 8.58. The highest BCUT2D eigenvalue weighted by Crippen LogP contribution is 2.09. The summed E-state index contributed by atoms with van der Waals surface area (Å²) in [6.45, 7) is -0.381. The molecule has 96 valence electrons. The predicted molar refractivity (Wildman–Crippen MR) is 66.9 cm³/mol. The van der Waals surface area contributed by atoms with Gasteiger partial charge in [0.05, 0.1) is 18.2 Å². The van der Waals surface area contributed by atoms with Gasteiger partial charge < -0.3 is 4.90 Å². The maximum Gasteiger partial charge on any atom is 0.255 e. The van der Waals surface area contributed by atoms with Crippen molar-refractivity contribution in [2.24, 2.45) is 0 Å². The molecule has 3 nitrogen and oxygen atoms in total. The molecule has 0 aliphatic carbocycles. The Morgan fingerprint density at radius 2 is 2.00 bits per heavy atom. The number of alkyl halides is 3. The zero-order valence-corrected chi connectivity index (χ0v) is 11.0. The van der Waals surface area contributed by atoms with Crippen LogP contribution >= 0.6 is 15.9 Å². The van der Waals surface area contributed by atoms with Crippen molar-refractivity contribution in [3.8, 4) is 6.07 Å². The third-order valence-corrected chi connectivity index (χ3v) is 2.62. The molecule has 0 N–H and O–H groups in total. The Labute approximate surface area is 112 Å². The third-order valence-electron chi connectivity index (χ3n) is 2.26. The minimum Gasteiger partial charge on any atom is -0.332 e. The number of halogens is 3. The van der Waals surface area contributed by atoms with E-state index in [1.807, 2.05) is 6.07 Å². The zero-order chi connectivity index (χ0) is 13.5. The van der Waals surface area contributed by atoms with E-state index in [9.17, 15) is 13.6 Å². The Balaban J connectivity index is 2.84. The molecule has 0 bridgehead atoms. The van der Waals surface area contributed by atoms with E-state index in [0.29, 0.717) is 16.5 Å². The lowest BCUT2D eigenvalue weighted by atomic mass is 10.1. The van der Waals surface area contributed by atoms with E-state index >= 15 is 0 Å². The number of hydrogen-bond donors (Lipinski definition) is 0. The summed E-state index contributed by atoms with van der Waals surface area (Å²) in [5.74, 6) is -0.459. The first-order valence-corrected chi connectivity index (χ1v) is 6.34. The summed E-state index contributed by atoms with van der Waals surface area (Å²) >= 11 is 3.12. The smallest absolute Gasteiger partial charge is 0.255 e. The fourth-order valence-corrected chi connectivity index (χ4v) is 1.84. The topological polar surface area (TPSA) is 44.1 Å². The van der Waals surface area contributed by atoms with Gasteiger partial charge in [-0.3, -0.25) is 4.79 Å². The van der Waals surface area contributed by atoms with Crippen LogP contribution in [0, 0.1) is 11.3 Å². The van der Waals surface area contributed by atoms with E-state index in [0.717, 1.165) is 4.90 Å². The number of amides is 1. The van der Waals surface area contributed by atoms with Crippen molar-refractivity contribution in [3.05, 3.63) is 35.4 Å². The lowest BCUT2D eigenvalue weighted by molar-refractivity contribution is 0.0572. The van der Waals surface area contributed by atoms with Gasteiger partial charge in [-0.25, -0.2) is 8.78 Å². The van der Waals surface area contributed by atoms with Gasteiger partial charge in [-0.2, -0.15) is 5.26 Å². The van der Waals surface area contributed by atoms with Crippen LogP contribution in [-0.4, -0.2) is 35.7 Å². The highest BCUT2D eigenvalue weighted by atomic mass is 79.9. The normalized spacial score (nSPS) is 10.2. The molecule has 0 heterocycles. The number of nitriles is 1. The molecule has 0 unspecified atom stereocenters. The number of carbonyl (C=O) groups excluding carboxylic acids is 1. The molecule has 1 rings (SSSR count). The molecule has 0 spiro atoms. The number of rotatable bonds is 5. The highest BCUT2D eigenvalue weighted by Gasteiger charge is 2.18. The number of benzene rings is 1. The van der Waals surface area contributed by atoms with E-state index in [1.54, 1.807) is 0 Å². The Morgan fingerprint density at radius 1 is 1.39 bits per heavy atom. The SMILES string of the molecule is N#Cc1ccc(C(=O)N(CCBr)CC(F)F)cc1. The molecule has 0 aromatic heterocycles. The van der Waals surface area contributed by atoms with Crippen molar-refractivity contribution >= 4 is 21.8 Å². The van der Waals surface area contributed by atoms with Gasteiger partial charge in [-0.15, -0.1) is 0 Å². The van der Waals surface area contributed by atoms with Crippen LogP contribution in [0.1, 0.15) is 15.9 Å². The number of nitrogens with zero attached hydrogens (tertiary/aromatic N) is 2. The average molecular weight is 317 g/mol. The summed E-state index contributed by atoms with van der Waals surface area (Å²) in [6, 6.07) is 7.84. The van der Waals surface area contributed by atoms with Crippen LogP contribution in [0.5, 0.6) is 0 Å².